The predicted molar refractivity (Wildman–Crippen MR) is 106 cm³/mol. The van der Waals surface area contributed by atoms with Crippen molar-refractivity contribution in [1.82, 2.24) is 0 Å². The molecular formula is C23H27NO2. The van der Waals surface area contributed by atoms with E-state index in [0.29, 0.717) is 17.9 Å². The number of hydrogen-bond donors (Lipinski definition) is 1. The highest BCUT2D eigenvalue weighted by Gasteiger charge is 2.38. The lowest BCUT2D eigenvalue weighted by Crippen LogP contribution is -2.29. The third kappa shape index (κ3) is 3.18. The first-order chi connectivity index (χ1) is 12.8. The molecule has 3 unspecified atom stereocenters. The Hall–Kier alpha value is -2.42. The summed E-state index contributed by atoms with van der Waals surface area (Å²) in [5.74, 6) is 2.87. The molecule has 2 aromatic rings. The average Bonchev–Trinajstić information content (AvgIpc) is 3.18. The van der Waals surface area contributed by atoms with Crippen LogP contribution in [0.4, 0.5) is 5.69 Å². The number of fused-ring (bicyclic) bond motifs is 3. The van der Waals surface area contributed by atoms with Crippen molar-refractivity contribution in [3.05, 3.63) is 65.7 Å². The number of nitrogens with one attached hydrogen (secondary N) is 1. The minimum absolute atomic E-state index is 0.296. The Morgan fingerprint density at radius 1 is 1.12 bits per heavy atom. The van der Waals surface area contributed by atoms with Gasteiger partial charge in [-0.05, 0) is 60.2 Å². The van der Waals surface area contributed by atoms with Gasteiger partial charge in [-0.2, -0.15) is 0 Å². The lowest BCUT2D eigenvalue weighted by atomic mass is 9.77. The van der Waals surface area contributed by atoms with Gasteiger partial charge in [-0.15, -0.1) is 0 Å². The minimum Gasteiger partial charge on any atom is -0.497 e. The lowest BCUT2D eigenvalue weighted by molar-refractivity contribution is 0.308. The lowest BCUT2D eigenvalue weighted by Gasteiger charge is -2.37. The molecule has 1 heterocycles. The molecule has 3 atom stereocenters. The molecule has 0 saturated heterocycles. The minimum atomic E-state index is 0.296. The fraction of sp³-hybridized carbons (Fsp3) is 0.391. The first kappa shape index (κ1) is 17.0. The fourth-order valence-electron chi connectivity index (χ4n) is 4.16. The average molecular weight is 349 g/mol. The number of benzene rings is 2. The highest BCUT2D eigenvalue weighted by molar-refractivity contribution is 5.62. The Morgan fingerprint density at radius 3 is 2.88 bits per heavy atom. The van der Waals surface area contributed by atoms with Crippen molar-refractivity contribution in [2.24, 2.45) is 5.92 Å². The first-order valence-electron chi connectivity index (χ1n) is 9.64. The molecular weight excluding hydrogens is 322 g/mol. The van der Waals surface area contributed by atoms with Gasteiger partial charge in [0.1, 0.15) is 11.5 Å². The van der Waals surface area contributed by atoms with Crippen LogP contribution >= 0.6 is 0 Å². The van der Waals surface area contributed by atoms with Crippen LogP contribution in [0.25, 0.3) is 0 Å². The van der Waals surface area contributed by atoms with E-state index in [0.717, 1.165) is 37.4 Å². The Balaban J connectivity index is 1.63. The summed E-state index contributed by atoms with van der Waals surface area (Å²) in [6.07, 6.45) is 8.04. The molecule has 0 saturated carbocycles. The van der Waals surface area contributed by atoms with Crippen LogP contribution in [0.15, 0.2) is 54.6 Å². The van der Waals surface area contributed by atoms with Crippen molar-refractivity contribution in [2.75, 3.05) is 19.0 Å². The first-order valence-corrected chi connectivity index (χ1v) is 9.64. The third-order valence-corrected chi connectivity index (χ3v) is 5.55. The number of ether oxygens (including phenoxy) is 2. The van der Waals surface area contributed by atoms with E-state index in [9.17, 15) is 0 Å². The molecule has 1 aliphatic heterocycles. The Kier molecular flexibility index (Phi) is 4.87. The van der Waals surface area contributed by atoms with Gasteiger partial charge in [-0.1, -0.05) is 37.6 Å². The van der Waals surface area contributed by atoms with Crippen LogP contribution in [0.1, 0.15) is 49.3 Å². The van der Waals surface area contributed by atoms with Crippen LogP contribution in [0.2, 0.25) is 0 Å². The van der Waals surface area contributed by atoms with Crippen LogP contribution in [0, 0.1) is 5.92 Å². The molecule has 4 rings (SSSR count). The molecule has 1 aliphatic carbocycles. The van der Waals surface area contributed by atoms with Crippen LogP contribution in [-0.2, 0) is 0 Å². The molecule has 3 heteroatoms. The maximum Gasteiger partial charge on any atom is 0.119 e. The number of anilines is 1. The molecule has 0 bridgehead atoms. The van der Waals surface area contributed by atoms with Crippen molar-refractivity contribution in [3.63, 3.8) is 0 Å². The van der Waals surface area contributed by atoms with Crippen LogP contribution in [0.3, 0.4) is 0 Å². The standard InChI is InChI=1S/C23H27NO2/c1-3-4-13-26-18-11-12-22-21(15-18)19-9-6-10-20(19)23(24-22)16-7-5-8-17(14-16)25-2/h5-9,11-12,14-15,19-20,23-24H,3-4,10,13H2,1-2H3. The molecule has 3 nitrogen and oxygen atoms in total. The molecule has 2 aliphatic rings. The van der Waals surface area contributed by atoms with E-state index in [4.69, 9.17) is 9.47 Å². The molecule has 136 valence electrons. The van der Waals surface area contributed by atoms with Crippen LogP contribution in [0.5, 0.6) is 11.5 Å². The molecule has 26 heavy (non-hydrogen) atoms. The second-order valence-corrected chi connectivity index (χ2v) is 7.20. The third-order valence-electron chi connectivity index (χ3n) is 5.55. The Bertz CT molecular complexity index is 799. The highest BCUT2D eigenvalue weighted by atomic mass is 16.5. The topological polar surface area (TPSA) is 30.5 Å². The Labute approximate surface area is 156 Å². The largest absolute Gasteiger partial charge is 0.497 e. The maximum absolute atomic E-state index is 5.93. The van der Waals surface area contributed by atoms with Gasteiger partial charge in [0.2, 0.25) is 0 Å². The second-order valence-electron chi connectivity index (χ2n) is 7.20. The van der Waals surface area contributed by atoms with Crippen LogP contribution in [-0.4, -0.2) is 13.7 Å². The van der Waals surface area contributed by atoms with Gasteiger partial charge in [0.05, 0.1) is 19.8 Å². The molecule has 0 radical (unpaired) electrons. The van der Waals surface area contributed by atoms with E-state index in [1.807, 2.05) is 6.07 Å². The van der Waals surface area contributed by atoms with E-state index in [1.165, 1.54) is 16.8 Å². The van der Waals surface area contributed by atoms with Crippen molar-refractivity contribution in [1.29, 1.82) is 0 Å². The van der Waals surface area contributed by atoms with Crippen molar-refractivity contribution in [3.8, 4) is 11.5 Å². The predicted octanol–water partition coefficient (Wildman–Crippen LogP) is 5.70. The summed E-state index contributed by atoms with van der Waals surface area (Å²) < 4.78 is 11.4. The van der Waals surface area contributed by atoms with Crippen molar-refractivity contribution < 1.29 is 9.47 Å². The van der Waals surface area contributed by atoms with E-state index >= 15 is 0 Å². The van der Waals surface area contributed by atoms with Gasteiger partial charge < -0.3 is 14.8 Å². The zero-order chi connectivity index (χ0) is 17.9. The van der Waals surface area contributed by atoms with Crippen molar-refractivity contribution in [2.45, 2.75) is 38.1 Å². The fourth-order valence-corrected chi connectivity index (χ4v) is 4.16. The van der Waals surface area contributed by atoms with Gasteiger partial charge in [0, 0.05) is 11.6 Å². The summed E-state index contributed by atoms with van der Waals surface area (Å²) in [5, 5.41) is 3.78. The zero-order valence-electron chi connectivity index (χ0n) is 15.6. The SMILES string of the molecule is CCCCOc1ccc2c(c1)C1C=CCC1C(c1cccc(OC)c1)N2. The maximum atomic E-state index is 5.93. The normalized spacial score (nSPS) is 23.1. The number of unbranched alkanes of at least 4 members (excludes halogenated alkanes) is 1. The summed E-state index contributed by atoms with van der Waals surface area (Å²) >= 11 is 0. The molecule has 0 spiro atoms. The molecule has 0 fully saturated rings. The zero-order valence-corrected chi connectivity index (χ0v) is 15.6. The number of allylic oxidation sites excluding steroid dienone is 2. The van der Waals surface area contributed by atoms with E-state index < -0.39 is 0 Å². The van der Waals surface area contributed by atoms with Gasteiger partial charge in [-0.3, -0.25) is 0 Å². The summed E-state index contributed by atoms with van der Waals surface area (Å²) in [7, 11) is 1.72. The second kappa shape index (κ2) is 7.45. The van der Waals surface area contributed by atoms with E-state index in [2.05, 4.69) is 60.8 Å². The molecule has 2 aromatic carbocycles. The van der Waals surface area contributed by atoms with Crippen LogP contribution < -0.4 is 14.8 Å². The quantitative estimate of drug-likeness (QED) is 0.536. The smallest absolute Gasteiger partial charge is 0.119 e. The monoisotopic (exact) mass is 349 g/mol. The number of hydrogen-bond acceptors (Lipinski definition) is 3. The highest BCUT2D eigenvalue weighted by Crippen LogP contribution is 2.50. The summed E-state index contributed by atoms with van der Waals surface area (Å²) in [4.78, 5) is 0. The molecule has 0 aromatic heterocycles. The number of rotatable bonds is 6. The summed E-state index contributed by atoms with van der Waals surface area (Å²) in [6, 6.07) is 15.2. The molecule has 0 amide bonds. The Morgan fingerprint density at radius 2 is 2.04 bits per heavy atom. The van der Waals surface area contributed by atoms with Gasteiger partial charge >= 0.3 is 0 Å². The van der Waals surface area contributed by atoms with Crippen molar-refractivity contribution >= 4 is 5.69 Å². The van der Waals surface area contributed by atoms with E-state index in [1.54, 1.807) is 7.11 Å². The van der Waals surface area contributed by atoms with Gasteiger partial charge in [-0.25, -0.2) is 0 Å². The van der Waals surface area contributed by atoms with E-state index in [-0.39, 0.29) is 0 Å². The molecule has 1 N–H and O–H groups in total. The summed E-state index contributed by atoms with van der Waals surface area (Å²) in [5.41, 5.74) is 3.86. The van der Waals surface area contributed by atoms with Gasteiger partial charge in [0.15, 0.2) is 0 Å². The summed E-state index contributed by atoms with van der Waals surface area (Å²) in [6.45, 7) is 2.98. The number of methoxy groups -OCH3 is 1. The van der Waals surface area contributed by atoms with Gasteiger partial charge in [0.25, 0.3) is 0 Å².